The Morgan fingerprint density at radius 2 is 2.33 bits per heavy atom. The molecule has 1 N–H and O–H groups in total. The summed E-state index contributed by atoms with van der Waals surface area (Å²) in [5.41, 5.74) is 1.46. The van der Waals surface area contributed by atoms with Crippen LogP contribution in [0.3, 0.4) is 0 Å². The number of carbonyl (C=O) groups excluding carboxylic acids is 1. The van der Waals surface area contributed by atoms with Gasteiger partial charge < -0.3 is 14.2 Å². The van der Waals surface area contributed by atoms with Gasteiger partial charge in [-0.3, -0.25) is 4.79 Å². The molecule has 1 aliphatic carbocycles. The standard InChI is InChI=1S/C17H21N3O3S/c1-12(15(21)18-10-9-13-6-3-2-4-7-13)24-17-20-19-16(23-17)14-8-5-11-22-14/h5-6,8,11-12H,2-4,7,9-10H2,1H3,(H,18,21)/t12-/m1/s1. The van der Waals surface area contributed by atoms with Gasteiger partial charge in [-0.2, -0.15) is 0 Å². The lowest BCUT2D eigenvalue weighted by molar-refractivity contribution is -0.120. The van der Waals surface area contributed by atoms with Gasteiger partial charge in [0, 0.05) is 6.54 Å². The van der Waals surface area contributed by atoms with Crippen molar-refractivity contribution in [3.63, 3.8) is 0 Å². The minimum absolute atomic E-state index is 0.0193. The number of furan rings is 1. The monoisotopic (exact) mass is 347 g/mol. The molecule has 1 atom stereocenters. The molecule has 0 aliphatic heterocycles. The Balaban J connectivity index is 1.45. The van der Waals surface area contributed by atoms with E-state index < -0.39 is 0 Å². The first kappa shape index (κ1) is 16.8. The maximum Gasteiger partial charge on any atom is 0.284 e. The first-order valence-corrected chi connectivity index (χ1v) is 9.10. The van der Waals surface area contributed by atoms with E-state index >= 15 is 0 Å². The maximum atomic E-state index is 12.2. The minimum atomic E-state index is -0.296. The van der Waals surface area contributed by atoms with Crippen LogP contribution in [0.4, 0.5) is 0 Å². The normalized spacial score (nSPS) is 15.8. The van der Waals surface area contributed by atoms with Crippen molar-refractivity contribution in [2.45, 2.75) is 49.5 Å². The Morgan fingerprint density at radius 3 is 3.08 bits per heavy atom. The Labute approximate surface area is 145 Å². The lowest BCUT2D eigenvalue weighted by atomic mass is 9.97. The molecule has 0 radical (unpaired) electrons. The Morgan fingerprint density at radius 1 is 1.42 bits per heavy atom. The first-order valence-electron chi connectivity index (χ1n) is 8.22. The molecule has 0 unspecified atom stereocenters. The number of allylic oxidation sites excluding steroid dienone is 1. The number of aromatic nitrogens is 2. The number of amides is 1. The number of hydrogen-bond donors (Lipinski definition) is 1. The second-order valence-electron chi connectivity index (χ2n) is 5.76. The van der Waals surface area contributed by atoms with Gasteiger partial charge in [-0.15, -0.1) is 10.2 Å². The van der Waals surface area contributed by atoms with Crippen LogP contribution in [0.2, 0.25) is 0 Å². The highest BCUT2D eigenvalue weighted by Crippen LogP contribution is 2.26. The highest BCUT2D eigenvalue weighted by atomic mass is 32.2. The number of carbonyl (C=O) groups is 1. The van der Waals surface area contributed by atoms with Crippen LogP contribution >= 0.6 is 11.8 Å². The van der Waals surface area contributed by atoms with Crippen LogP contribution in [0.1, 0.15) is 39.0 Å². The summed E-state index contributed by atoms with van der Waals surface area (Å²) in [6, 6.07) is 3.50. The van der Waals surface area contributed by atoms with Gasteiger partial charge in [-0.1, -0.05) is 23.4 Å². The van der Waals surface area contributed by atoms with E-state index in [1.54, 1.807) is 18.4 Å². The molecule has 0 spiro atoms. The summed E-state index contributed by atoms with van der Waals surface area (Å²) in [4.78, 5) is 12.2. The number of rotatable bonds is 7. The molecular formula is C17H21N3O3S. The minimum Gasteiger partial charge on any atom is -0.459 e. The van der Waals surface area contributed by atoms with Crippen LogP contribution in [0.15, 0.2) is 44.1 Å². The number of nitrogens with zero attached hydrogens (tertiary/aromatic N) is 2. The van der Waals surface area contributed by atoms with E-state index in [-0.39, 0.29) is 11.2 Å². The summed E-state index contributed by atoms with van der Waals surface area (Å²) in [5.74, 6) is 0.820. The summed E-state index contributed by atoms with van der Waals surface area (Å²) < 4.78 is 10.7. The third kappa shape index (κ3) is 4.50. The lowest BCUT2D eigenvalue weighted by Gasteiger charge is -2.14. The quantitative estimate of drug-likeness (QED) is 0.606. The molecule has 1 amide bonds. The maximum absolute atomic E-state index is 12.2. The molecular weight excluding hydrogens is 326 g/mol. The summed E-state index contributed by atoms with van der Waals surface area (Å²) >= 11 is 1.25. The molecule has 3 rings (SSSR count). The Hall–Kier alpha value is -2.02. The summed E-state index contributed by atoms with van der Waals surface area (Å²) in [6.45, 7) is 2.51. The molecule has 0 saturated carbocycles. The van der Waals surface area contributed by atoms with Gasteiger partial charge in [-0.25, -0.2) is 0 Å². The van der Waals surface area contributed by atoms with Crippen molar-refractivity contribution >= 4 is 17.7 Å². The molecule has 7 heteroatoms. The van der Waals surface area contributed by atoms with Crippen LogP contribution in [0.25, 0.3) is 11.7 Å². The zero-order valence-corrected chi connectivity index (χ0v) is 14.5. The van der Waals surface area contributed by atoms with Gasteiger partial charge in [0.25, 0.3) is 11.1 Å². The van der Waals surface area contributed by atoms with Crippen LogP contribution in [-0.2, 0) is 4.79 Å². The van der Waals surface area contributed by atoms with E-state index in [0.29, 0.717) is 23.4 Å². The zero-order valence-electron chi connectivity index (χ0n) is 13.7. The number of nitrogens with one attached hydrogen (secondary N) is 1. The predicted octanol–water partition coefficient (Wildman–Crippen LogP) is 3.82. The number of hydrogen-bond acceptors (Lipinski definition) is 6. The van der Waals surface area contributed by atoms with Crippen LogP contribution in [0, 0.1) is 0 Å². The highest BCUT2D eigenvalue weighted by Gasteiger charge is 2.19. The third-order valence-electron chi connectivity index (χ3n) is 3.92. The zero-order chi connectivity index (χ0) is 16.8. The molecule has 1 aliphatic rings. The van der Waals surface area contributed by atoms with Crippen molar-refractivity contribution in [1.82, 2.24) is 15.5 Å². The molecule has 0 fully saturated rings. The van der Waals surface area contributed by atoms with Crippen LogP contribution in [0.5, 0.6) is 0 Å². The molecule has 24 heavy (non-hydrogen) atoms. The van der Waals surface area contributed by atoms with Crippen molar-refractivity contribution in [2.75, 3.05) is 6.54 Å². The smallest absolute Gasteiger partial charge is 0.284 e. The van der Waals surface area contributed by atoms with Crippen molar-refractivity contribution in [1.29, 1.82) is 0 Å². The van der Waals surface area contributed by atoms with E-state index in [4.69, 9.17) is 8.83 Å². The molecule has 2 aromatic heterocycles. The van der Waals surface area contributed by atoms with E-state index in [2.05, 4.69) is 21.6 Å². The summed E-state index contributed by atoms with van der Waals surface area (Å²) in [6.07, 6.45) is 9.68. The second-order valence-corrected chi connectivity index (χ2v) is 7.05. The van der Waals surface area contributed by atoms with Gasteiger partial charge in [0.15, 0.2) is 5.76 Å². The SMILES string of the molecule is C[C@@H](Sc1nnc(-c2ccco2)o1)C(=O)NCCC1=CCCCC1. The number of thioether (sulfide) groups is 1. The lowest BCUT2D eigenvalue weighted by Crippen LogP contribution is -2.31. The van der Waals surface area contributed by atoms with E-state index in [1.807, 2.05) is 6.92 Å². The Kier molecular flexibility index (Phi) is 5.74. The van der Waals surface area contributed by atoms with E-state index in [9.17, 15) is 4.79 Å². The molecule has 2 aromatic rings. The first-order chi connectivity index (χ1) is 11.7. The highest BCUT2D eigenvalue weighted by molar-refractivity contribution is 8.00. The van der Waals surface area contributed by atoms with Crippen molar-refractivity contribution < 1.29 is 13.6 Å². The van der Waals surface area contributed by atoms with Gasteiger partial charge >= 0.3 is 0 Å². The van der Waals surface area contributed by atoms with Crippen molar-refractivity contribution in [3.05, 3.63) is 30.0 Å². The van der Waals surface area contributed by atoms with Gasteiger partial charge in [0.05, 0.1) is 11.5 Å². The third-order valence-corrected chi connectivity index (χ3v) is 4.85. The molecule has 0 aromatic carbocycles. The topological polar surface area (TPSA) is 81.2 Å². The van der Waals surface area contributed by atoms with E-state index in [1.165, 1.54) is 36.6 Å². The van der Waals surface area contributed by atoms with Gasteiger partial charge in [0.2, 0.25) is 5.91 Å². The molecule has 6 nitrogen and oxygen atoms in total. The molecule has 128 valence electrons. The fourth-order valence-corrected chi connectivity index (χ4v) is 3.29. The van der Waals surface area contributed by atoms with Gasteiger partial charge in [-0.05, 0) is 51.2 Å². The van der Waals surface area contributed by atoms with Crippen LogP contribution in [-0.4, -0.2) is 27.9 Å². The molecule has 0 bridgehead atoms. The molecule has 2 heterocycles. The van der Waals surface area contributed by atoms with E-state index in [0.717, 1.165) is 12.8 Å². The Bertz CT molecular complexity index is 694. The average molecular weight is 347 g/mol. The summed E-state index contributed by atoms with van der Waals surface area (Å²) in [7, 11) is 0. The summed E-state index contributed by atoms with van der Waals surface area (Å²) in [5, 5.41) is 10.9. The van der Waals surface area contributed by atoms with Crippen LogP contribution < -0.4 is 5.32 Å². The molecule has 0 saturated heterocycles. The fraction of sp³-hybridized carbons (Fsp3) is 0.471. The van der Waals surface area contributed by atoms with Gasteiger partial charge in [0.1, 0.15) is 0 Å². The fourth-order valence-electron chi connectivity index (χ4n) is 2.58. The average Bonchev–Trinajstić information content (AvgIpc) is 3.27. The largest absolute Gasteiger partial charge is 0.459 e. The second kappa shape index (κ2) is 8.19. The van der Waals surface area contributed by atoms with Crippen molar-refractivity contribution in [2.24, 2.45) is 0 Å². The van der Waals surface area contributed by atoms with Crippen molar-refractivity contribution in [3.8, 4) is 11.7 Å². The predicted molar refractivity (Wildman–Crippen MR) is 91.5 cm³/mol.